The zero-order chi connectivity index (χ0) is 9.14. The van der Waals surface area contributed by atoms with Gasteiger partial charge in [-0.25, -0.2) is 4.79 Å². The molecule has 0 amide bonds. The number of carbonyl (C=O) groups is 1. The van der Waals surface area contributed by atoms with Crippen LogP contribution in [0.5, 0.6) is 0 Å². The quantitative estimate of drug-likeness (QED) is 0.687. The lowest BCUT2D eigenvalue weighted by atomic mass is 10.1. The number of hydrogen-bond donors (Lipinski definition) is 1. The van der Waals surface area contributed by atoms with Crippen LogP contribution in [0.3, 0.4) is 0 Å². The van der Waals surface area contributed by atoms with Crippen LogP contribution < -0.4 is 0 Å². The van der Waals surface area contributed by atoms with E-state index in [4.69, 9.17) is 9.63 Å². The normalized spacial score (nSPS) is 28.6. The number of carboxylic acids is 1. The molecule has 0 radical (unpaired) electrons. The molecule has 0 saturated carbocycles. The Morgan fingerprint density at radius 3 is 3.00 bits per heavy atom. The Balaban J connectivity index is 2.72. The van der Waals surface area contributed by atoms with Crippen molar-refractivity contribution in [2.75, 3.05) is 0 Å². The van der Waals surface area contributed by atoms with Crippen molar-refractivity contribution in [2.45, 2.75) is 25.9 Å². The summed E-state index contributed by atoms with van der Waals surface area (Å²) in [5.74, 6) is 0.206. The van der Waals surface area contributed by atoms with Gasteiger partial charge in [0.2, 0.25) is 8.03 Å². The van der Waals surface area contributed by atoms with Crippen molar-refractivity contribution < 1.29 is 19.0 Å². The highest BCUT2D eigenvalue weighted by atomic mass is 31.1. The largest absolute Gasteiger partial charge is 0.478 e. The predicted molar refractivity (Wildman–Crippen MR) is 44.5 cm³/mol. The van der Waals surface area contributed by atoms with Crippen LogP contribution in [0, 0.1) is 0 Å². The highest BCUT2D eigenvalue weighted by Crippen LogP contribution is 2.39. The molecular formula is C7H11O4P. The van der Waals surface area contributed by atoms with E-state index in [1.807, 2.05) is 6.92 Å². The van der Waals surface area contributed by atoms with E-state index in [0.717, 1.165) is 6.42 Å². The molecule has 0 aromatic rings. The third kappa shape index (κ3) is 1.96. The molecule has 4 nitrogen and oxygen atoms in total. The van der Waals surface area contributed by atoms with E-state index in [1.165, 1.54) is 5.82 Å². The molecule has 0 fully saturated rings. The average molecular weight is 190 g/mol. The number of rotatable bonds is 3. The molecule has 0 saturated heterocycles. The van der Waals surface area contributed by atoms with E-state index in [0.29, 0.717) is 6.42 Å². The summed E-state index contributed by atoms with van der Waals surface area (Å²) in [4.78, 5) is 10.6. The lowest BCUT2D eigenvalue weighted by Gasteiger charge is -2.08. The summed E-state index contributed by atoms with van der Waals surface area (Å²) in [6.45, 7) is 1.93. The Morgan fingerprint density at radius 1 is 1.83 bits per heavy atom. The molecule has 5 heteroatoms. The molecule has 1 aliphatic heterocycles. The second kappa shape index (κ2) is 3.87. The Bertz CT molecular complexity index is 246. The van der Waals surface area contributed by atoms with E-state index in [9.17, 15) is 9.36 Å². The van der Waals surface area contributed by atoms with Crippen LogP contribution in [0.2, 0.25) is 0 Å². The Labute approximate surface area is 71.1 Å². The first-order valence-corrected chi connectivity index (χ1v) is 5.20. The van der Waals surface area contributed by atoms with Crippen molar-refractivity contribution in [1.82, 2.24) is 0 Å². The van der Waals surface area contributed by atoms with Crippen LogP contribution in [0.25, 0.3) is 0 Å². The van der Waals surface area contributed by atoms with Gasteiger partial charge in [-0.1, -0.05) is 13.3 Å². The van der Waals surface area contributed by atoms with Crippen molar-refractivity contribution >= 4 is 14.0 Å². The monoisotopic (exact) mass is 190 g/mol. The molecule has 0 spiro atoms. The summed E-state index contributed by atoms with van der Waals surface area (Å²) < 4.78 is 15.8. The van der Waals surface area contributed by atoms with Crippen molar-refractivity contribution in [3.05, 3.63) is 11.4 Å². The molecular weight excluding hydrogens is 179 g/mol. The fourth-order valence-corrected chi connectivity index (χ4v) is 2.29. The minimum absolute atomic E-state index is 0.153. The third-order valence-corrected chi connectivity index (χ3v) is 2.74. The predicted octanol–water partition coefficient (Wildman–Crippen LogP) is 1.63. The molecule has 0 bridgehead atoms. The molecule has 1 rings (SSSR count). The van der Waals surface area contributed by atoms with Gasteiger partial charge in [-0.05, 0) is 6.42 Å². The fourth-order valence-electron chi connectivity index (χ4n) is 1.13. The molecule has 2 atom stereocenters. The summed E-state index contributed by atoms with van der Waals surface area (Å²) in [6, 6.07) is 0. The second-order valence-electron chi connectivity index (χ2n) is 2.62. The van der Waals surface area contributed by atoms with E-state index in [1.54, 1.807) is 0 Å². The second-order valence-corrected chi connectivity index (χ2v) is 3.78. The summed E-state index contributed by atoms with van der Waals surface area (Å²) in [7, 11) is -2.21. The Hall–Kier alpha value is -0.600. The molecule has 12 heavy (non-hydrogen) atoms. The lowest BCUT2D eigenvalue weighted by molar-refractivity contribution is -0.133. The van der Waals surface area contributed by atoms with Gasteiger partial charge in [0.1, 0.15) is 0 Å². The minimum Gasteiger partial charge on any atom is -0.478 e. The molecule has 0 aromatic heterocycles. The molecule has 1 N–H and O–H groups in total. The van der Waals surface area contributed by atoms with Crippen LogP contribution in [-0.2, 0) is 13.9 Å². The summed E-state index contributed by atoms with van der Waals surface area (Å²) in [5, 5.41) is 8.66. The van der Waals surface area contributed by atoms with Crippen molar-refractivity contribution in [2.24, 2.45) is 0 Å². The smallest absolute Gasteiger partial charge is 0.334 e. The summed E-state index contributed by atoms with van der Waals surface area (Å²) >= 11 is 0. The third-order valence-electron chi connectivity index (χ3n) is 1.68. The zero-order valence-corrected chi connectivity index (χ0v) is 7.74. The van der Waals surface area contributed by atoms with Crippen LogP contribution in [0.15, 0.2) is 11.4 Å². The Kier molecular flexibility index (Phi) is 3.06. The van der Waals surface area contributed by atoms with Gasteiger partial charge in [0, 0.05) is 5.82 Å². The van der Waals surface area contributed by atoms with Crippen LogP contribution in [0.1, 0.15) is 19.8 Å². The molecule has 1 heterocycles. The highest BCUT2D eigenvalue weighted by molar-refractivity contribution is 7.43. The summed E-state index contributed by atoms with van der Waals surface area (Å²) in [5.41, 5.74) is 0.153. The number of aliphatic carboxylic acids is 1. The van der Waals surface area contributed by atoms with Gasteiger partial charge in [0.05, 0.1) is 11.7 Å². The van der Waals surface area contributed by atoms with Gasteiger partial charge in [0.15, 0.2) is 0 Å². The van der Waals surface area contributed by atoms with Gasteiger partial charge in [-0.2, -0.15) is 0 Å². The maximum atomic E-state index is 10.9. The first kappa shape index (κ1) is 9.49. The molecule has 0 aliphatic carbocycles. The van der Waals surface area contributed by atoms with Gasteiger partial charge < -0.3 is 9.63 Å². The lowest BCUT2D eigenvalue weighted by Crippen LogP contribution is -2.15. The molecule has 68 valence electrons. The van der Waals surface area contributed by atoms with Crippen molar-refractivity contribution in [3.8, 4) is 0 Å². The van der Waals surface area contributed by atoms with E-state index in [2.05, 4.69) is 0 Å². The molecule has 1 aliphatic rings. The van der Waals surface area contributed by atoms with Crippen molar-refractivity contribution in [3.63, 3.8) is 0 Å². The van der Waals surface area contributed by atoms with Gasteiger partial charge >= 0.3 is 5.97 Å². The van der Waals surface area contributed by atoms with Crippen molar-refractivity contribution in [1.29, 1.82) is 0 Å². The van der Waals surface area contributed by atoms with Crippen LogP contribution in [-0.4, -0.2) is 17.2 Å². The topological polar surface area (TPSA) is 63.6 Å². The van der Waals surface area contributed by atoms with Crippen LogP contribution in [0.4, 0.5) is 0 Å². The fraction of sp³-hybridized carbons (Fsp3) is 0.571. The van der Waals surface area contributed by atoms with Gasteiger partial charge in [0.25, 0.3) is 0 Å². The zero-order valence-electron chi connectivity index (χ0n) is 6.74. The van der Waals surface area contributed by atoms with E-state index < -0.39 is 20.1 Å². The molecule has 0 aromatic carbocycles. The van der Waals surface area contributed by atoms with E-state index in [-0.39, 0.29) is 5.57 Å². The van der Waals surface area contributed by atoms with Gasteiger partial charge in [-0.15, -0.1) is 0 Å². The van der Waals surface area contributed by atoms with Crippen LogP contribution >= 0.6 is 8.03 Å². The van der Waals surface area contributed by atoms with Gasteiger partial charge in [-0.3, -0.25) is 4.57 Å². The maximum absolute atomic E-state index is 10.9. The standard InChI is InChI=1S/C7H11O4P/c1-2-3-6-5(7(8)9)4-12(10)11-6/h4,6,12H,2-3H2,1H3,(H,8,9). The highest BCUT2D eigenvalue weighted by Gasteiger charge is 2.28. The number of hydrogen-bond acceptors (Lipinski definition) is 3. The molecule has 2 unspecified atom stereocenters. The SMILES string of the molecule is CCCC1O[PH](=O)C=C1C(=O)O. The first-order chi connectivity index (χ1) is 5.65. The minimum atomic E-state index is -2.21. The maximum Gasteiger partial charge on any atom is 0.334 e. The first-order valence-electron chi connectivity index (χ1n) is 3.80. The number of carboxylic acid groups (broad SMARTS) is 1. The average Bonchev–Trinajstić information content (AvgIpc) is 2.32. The Morgan fingerprint density at radius 2 is 2.50 bits per heavy atom. The van der Waals surface area contributed by atoms with E-state index >= 15 is 0 Å². The summed E-state index contributed by atoms with van der Waals surface area (Å²) in [6.07, 6.45) is 0.984.